The van der Waals surface area contributed by atoms with E-state index in [1.54, 1.807) is 0 Å². The maximum atomic E-state index is 13.0. The molecule has 3 rings (SSSR count). The van der Waals surface area contributed by atoms with E-state index in [4.69, 9.17) is 5.11 Å². The molecule has 130 valence electrons. The van der Waals surface area contributed by atoms with Crippen LogP contribution in [-0.2, 0) is 9.59 Å². The van der Waals surface area contributed by atoms with Crippen LogP contribution in [0, 0.1) is 17.7 Å². The molecule has 0 radical (unpaired) electrons. The highest BCUT2D eigenvalue weighted by Crippen LogP contribution is 2.35. The Morgan fingerprint density at radius 3 is 2.42 bits per heavy atom. The van der Waals surface area contributed by atoms with Crippen LogP contribution in [-0.4, -0.2) is 23.0 Å². The molecule has 4 atom stereocenters. The molecule has 4 unspecified atom stereocenters. The van der Waals surface area contributed by atoms with E-state index in [9.17, 15) is 14.0 Å². The van der Waals surface area contributed by atoms with Crippen LogP contribution in [0.3, 0.4) is 0 Å². The molecule has 0 heterocycles. The third-order valence-electron chi connectivity index (χ3n) is 5.51. The summed E-state index contributed by atoms with van der Waals surface area (Å²) < 4.78 is 13.0. The van der Waals surface area contributed by atoms with Gasteiger partial charge in [0.25, 0.3) is 0 Å². The minimum atomic E-state index is -0.787. The van der Waals surface area contributed by atoms with Gasteiger partial charge in [0.1, 0.15) is 5.82 Å². The number of nitrogens with one attached hydrogen (secondary N) is 1. The molecule has 4 nitrogen and oxygen atoms in total. The Labute approximate surface area is 141 Å². The summed E-state index contributed by atoms with van der Waals surface area (Å²) in [6.07, 6.45) is 5.49. The molecule has 2 N–H and O–H groups in total. The molecule has 0 saturated heterocycles. The van der Waals surface area contributed by atoms with Gasteiger partial charge in [-0.05, 0) is 62.1 Å². The Balaban J connectivity index is 1.52. The molecule has 1 aromatic rings. The van der Waals surface area contributed by atoms with E-state index in [0.717, 1.165) is 37.7 Å². The number of halogens is 1. The first-order chi connectivity index (χ1) is 11.5. The number of carboxylic acids is 1. The fourth-order valence-corrected chi connectivity index (χ4v) is 4.12. The van der Waals surface area contributed by atoms with Gasteiger partial charge in [0.05, 0.1) is 5.92 Å². The Morgan fingerprint density at radius 1 is 1.00 bits per heavy atom. The zero-order valence-electron chi connectivity index (χ0n) is 13.7. The van der Waals surface area contributed by atoms with Crippen LogP contribution in [0.15, 0.2) is 24.3 Å². The minimum absolute atomic E-state index is 0.00528. The average Bonchev–Trinajstić information content (AvgIpc) is 3.04. The van der Waals surface area contributed by atoms with Crippen LogP contribution in [0.25, 0.3) is 0 Å². The third-order valence-corrected chi connectivity index (χ3v) is 5.51. The van der Waals surface area contributed by atoms with Crippen molar-refractivity contribution in [3.8, 4) is 0 Å². The highest BCUT2D eigenvalue weighted by atomic mass is 19.1. The van der Waals surface area contributed by atoms with Crippen molar-refractivity contribution in [1.82, 2.24) is 5.32 Å². The number of amides is 1. The Bertz CT molecular complexity index is 601. The van der Waals surface area contributed by atoms with Crippen molar-refractivity contribution in [2.45, 2.75) is 56.9 Å². The standard InChI is InChI=1S/C19H24FNO3/c20-16-7-4-12(5-8-16)13-6-9-17(11-13)21-18(22)14-2-1-3-15(10-14)19(23)24/h4-5,7-8,13-15,17H,1-3,6,9-11H2,(H,21,22)(H,23,24). The summed E-state index contributed by atoms with van der Waals surface area (Å²) in [7, 11) is 0. The minimum Gasteiger partial charge on any atom is -0.481 e. The quantitative estimate of drug-likeness (QED) is 0.886. The molecule has 24 heavy (non-hydrogen) atoms. The second-order valence-corrected chi connectivity index (χ2v) is 7.17. The lowest BCUT2D eigenvalue weighted by Crippen LogP contribution is -2.40. The summed E-state index contributed by atoms with van der Waals surface area (Å²) in [5.74, 6) is -1.22. The highest BCUT2D eigenvalue weighted by molar-refractivity contribution is 5.80. The van der Waals surface area contributed by atoms with E-state index in [-0.39, 0.29) is 29.6 Å². The summed E-state index contributed by atoms with van der Waals surface area (Å²) in [5, 5.41) is 12.3. The molecule has 2 saturated carbocycles. The summed E-state index contributed by atoms with van der Waals surface area (Å²) in [5.41, 5.74) is 1.12. The lowest BCUT2D eigenvalue weighted by Gasteiger charge is -2.27. The van der Waals surface area contributed by atoms with Crippen molar-refractivity contribution >= 4 is 11.9 Å². The fourth-order valence-electron chi connectivity index (χ4n) is 4.12. The van der Waals surface area contributed by atoms with Crippen LogP contribution in [0.2, 0.25) is 0 Å². The Kier molecular flexibility index (Phi) is 5.17. The van der Waals surface area contributed by atoms with Crippen LogP contribution < -0.4 is 5.32 Å². The number of aliphatic carboxylic acids is 1. The molecular formula is C19H24FNO3. The van der Waals surface area contributed by atoms with Gasteiger partial charge < -0.3 is 10.4 Å². The molecular weight excluding hydrogens is 309 g/mol. The molecule has 0 spiro atoms. The molecule has 0 aromatic heterocycles. The summed E-state index contributed by atoms with van der Waals surface area (Å²) in [6.45, 7) is 0. The maximum Gasteiger partial charge on any atom is 0.306 e. The maximum absolute atomic E-state index is 13.0. The van der Waals surface area contributed by atoms with Crippen molar-refractivity contribution in [3.05, 3.63) is 35.6 Å². The number of carbonyl (C=O) groups is 2. The number of benzene rings is 1. The van der Waals surface area contributed by atoms with Gasteiger partial charge in [0.15, 0.2) is 0 Å². The molecule has 5 heteroatoms. The van der Waals surface area contributed by atoms with E-state index in [2.05, 4.69) is 5.32 Å². The van der Waals surface area contributed by atoms with Gasteiger partial charge in [-0.25, -0.2) is 4.39 Å². The van der Waals surface area contributed by atoms with Crippen molar-refractivity contribution < 1.29 is 19.1 Å². The lowest BCUT2D eigenvalue weighted by molar-refractivity contribution is -0.144. The van der Waals surface area contributed by atoms with Crippen molar-refractivity contribution in [1.29, 1.82) is 0 Å². The van der Waals surface area contributed by atoms with Crippen molar-refractivity contribution in [2.24, 2.45) is 11.8 Å². The zero-order chi connectivity index (χ0) is 17.1. The summed E-state index contributed by atoms with van der Waals surface area (Å²) in [6, 6.07) is 6.74. The number of carbonyl (C=O) groups excluding carboxylic acids is 1. The van der Waals surface area contributed by atoms with Gasteiger partial charge >= 0.3 is 5.97 Å². The van der Waals surface area contributed by atoms with Crippen LogP contribution in [0.1, 0.15) is 56.4 Å². The third kappa shape index (κ3) is 3.94. The molecule has 1 amide bonds. The van der Waals surface area contributed by atoms with Crippen LogP contribution in [0.4, 0.5) is 4.39 Å². The average molecular weight is 333 g/mol. The van der Waals surface area contributed by atoms with Gasteiger partial charge in [-0.2, -0.15) is 0 Å². The number of carboxylic acid groups (broad SMARTS) is 1. The molecule has 2 aliphatic carbocycles. The first-order valence-electron chi connectivity index (χ1n) is 8.81. The van der Waals surface area contributed by atoms with E-state index in [0.29, 0.717) is 18.8 Å². The van der Waals surface area contributed by atoms with Gasteiger partial charge in [0, 0.05) is 12.0 Å². The van der Waals surface area contributed by atoms with Crippen molar-refractivity contribution in [3.63, 3.8) is 0 Å². The fraction of sp³-hybridized carbons (Fsp3) is 0.579. The molecule has 2 aliphatic rings. The summed E-state index contributed by atoms with van der Waals surface area (Å²) >= 11 is 0. The van der Waals surface area contributed by atoms with Gasteiger partial charge in [0.2, 0.25) is 5.91 Å². The van der Waals surface area contributed by atoms with E-state index in [1.165, 1.54) is 12.1 Å². The Hall–Kier alpha value is -1.91. The molecule has 0 bridgehead atoms. The number of rotatable bonds is 4. The largest absolute Gasteiger partial charge is 0.481 e. The van der Waals surface area contributed by atoms with Crippen LogP contribution >= 0.6 is 0 Å². The van der Waals surface area contributed by atoms with E-state index in [1.807, 2.05) is 12.1 Å². The SMILES string of the molecule is O=C(O)C1CCCC(C(=O)NC2CCC(c3ccc(F)cc3)C2)C1. The first-order valence-corrected chi connectivity index (χ1v) is 8.81. The smallest absolute Gasteiger partial charge is 0.306 e. The normalized spacial score (nSPS) is 30.0. The van der Waals surface area contributed by atoms with Gasteiger partial charge in [-0.15, -0.1) is 0 Å². The van der Waals surface area contributed by atoms with E-state index < -0.39 is 5.97 Å². The number of hydrogen-bond acceptors (Lipinski definition) is 2. The monoisotopic (exact) mass is 333 g/mol. The highest BCUT2D eigenvalue weighted by Gasteiger charge is 2.33. The second kappa shape index (κ2) is 7.32. The number of hydrogen-bond donors (Lipinski definition) is 2. The predicted octanol–water partition coefficient (Wildman–Crippen LogP) is 3.47. The predicted molar refractivity (Wildman–Crippen MR) is 88.0 cm³/mol. The first kappa shape index (κ1) is 16.9. The van der Waals surface area contributed by atoms with Gasteiger partial charge in [-0.3, -0.25) is 9.59 Å². The van der Waals surface area contributed by atoms with Gasteiger partial charge in [-0.1, -0.05) is 18.6 Å². The second-order valence-electron chi connectivity index (χ2n) is 7.17. The topological polar surface area (TPSA) is 66.4 Å². The molecule has 1 aromatic carbocycles. The lowest BCUT2D eigenvalue weighted by atomic mass is 9.81. The van der Waals surface area contributed by atoms with Crippen LogP contribution in [0.5, 0.6) is 0 Å². The molecule has 0 aliphatic heterocycles. The zero-order valence-corrected chi connectivity index (χ0v) is 13.7. The van der Waals surface area contributed by atoms with Crippen molar-refractivity contribution in [2.75, 3.05) is 0 Å². The summed E-state index contributed by atoms with van der Waals surface area (Å²) in [4.78, 5) is 23.6. The Morgan fingerprint density at radius 2 is 1.71 bits per heavy atom. The van der Waals surface area contributed by atoms with E-state index >= 15 is 0 Å². The molecule has 2 fully saturated rings.